The zero-order valence-electron chi connectivity index (χ0n) is 5.13. The average Bonchev–Trinajstić information content (AvgIpc) is 1.96. The summed E-state index contributed by atoms with van der Waals surface area (Å²) in [6, 6.07) is 0. The summed E-state index contributed by atoms with van der Waals surface area (Å²) in [5, 5.41) is 0. The molecule has 8 heavy (non-hydrogen) atoms. The number of hydrogen-bond acceptors (Lipinski definition) is 2. The van der Waals surface area contributed by atoms with Gasteiger partial charge in [-0.25, -0.2) is 0 Å². The van der Waals surface area contributed by atoms with Gasteiger partial charge >= 0.3 is 0 Å². The summed E-state index contributed by atoms with van der Waals surface area (Å²) < 4.78 is 9.17. The highest BCUT2D eigenvalue weighted by atomic mass is 16.5. The van der Waals surface area contributed by atoms with E-state index in [1.54, 1.807) is 0 Å². The Morgan fingerprint density at radius 1 is 0.750 bits per heavy atom. The molecule has 46 valence electrons. The van der Waals surface area contributed by atoms with Crippen LogP contribution in [0.25, 0.3) is 0 Å². The first-order chi connectivity index (χ1) is 4.00. The zero-order valence-corrected chi connectivity index (χ0v) is 5.13. The minimum absolute atomic E-state index is 1.46. The third kappa shape index (κ3) is 3.28. The first-order valence-electron chi connectivity index (χ1n) is 2.61. The van der Waals surface area contributed by atoms with Crippen molar-refractivity contribution in [2.75, 3.05) is 0 Å². The summed E-state index contributed by atoms with van der Waals surface area (Å²) in [6.45, 7) is 4.00. The van der Waals surface area contributed by atoms with Crippen molar-refractivity contribution in [1.29, 1.82) is 0 Å². The van der Waals surface area contributed by atoms with Crippen molar-refractivity contribution in [3.05, 3.63) is 25.0 Å². The highest BCUT2D eigenvalue weighted by Gasteiger charge is 1.74. The molecular weight excluding hydrogens is 104 g/mol. The summed E-state index contributed by atoms with van der Waals surface area (Å²) in [4.78, 5) is 0. The van der Waals surface area contributed by atoms with Gasteiger partial charge in [-0.1, -0.05) is 13.8 Å². The van der Waals surface area contributed by atoms with E-state index in [0.29, 0.717) is 0 Å². The maximum Gasteiger partial charge on any atom is 0.125 e. The van der Waals surface area contributed by atoms with Crippen molar-refractivity contribution in [1.82, 2.24) is 0 Å². The van der Waals surface area contributed by atoms with Gasteiger partial charge in [-0.05, 0) is 0 Å². The van der Waals surface area contributed by atoms with Crippen molar-refractivity contribution >= 4 is 0 Å². The number of hydrogen-bond donors (Lipinski definition) is 0. The smallest absolute Gasteiger partial charge is 0.125 e. The fourth-order valence-corrected chi connectivity index (χ4v) is 0.219. The van der Waals surface area contributed by atoms with Crippen molar-refractivity contribution in [2.45, 2.75) is 13.8 Å². The maximum atomic E-state index is 4.58. The molecule has 1 aliphatic rings. The molecule has 0 aromatic heterocycles. The molecule has 0 aliphatic carbocycles. The van der Waals surface area contributed by atoms with E-state index < -0.39 is 0 Å². The van der Waals surface area contributed by atoms with E-state index in [4.69, 9.17) is 0 Å². The second kappa shape index (κ2) is 6.08. The summed E-state index contributed by atoms with van der Waals surface area (Å²) in [5.74, 6) is 0. The Morgan fingerprint density at radius 3 is 1.12 bits per heavy atom. The molecule has 0 N–H and O–H groups in total. The van der Waals surface area contributed by atoms with E-state index in [1.807, 2.05) is 13.8 Å². The Labute approximate surface area is 49.4 Å². The van der Waals surface area contributed by atoms with Gasteiger partial charge in [0.1, 0.15) is 25.0 Å². The lowest BCUT2D eigenvalue weighted by atomic mass is 10.9. The van der Waals surface area contributed by atoms with E-state index in [-0.39, 0.29) is 0 Å². The molecule has 2 nitrogen and oxygen atoms in total. The lowest BCUT2D eigenvalue weighted by molar-refractivity contribution is 0.290. The van der Waals surface area contributed by atoms with E-state index in [9.17, 15) is 0 Å². The third-order valence-electron chi connectivity index (χ3n) is 0.425. The molecule has 0 unspecified atom stereocenters. The Hall–Kier alpha value is -0.920. The van der Waals surface area contributed by atoms with Gasteiger partial charge in [0.2, 0.25) is 0 Å². The molecular formula is C6H10O2. The van der Waals surface area contributed by atoms with Crippen LogP contribution in [-0.4, -0.2) is 0 Å². The van der Waals surface area contributed by atoms with E-state index >= 15 is 0 Å². The lowest BCUT2D eigenvalue weighted by Gasteiger charge is -1.94. The normalized spacial score (nSPS) is 12.8. The van der Waals surface area contributed by atoms with Gasteiger partial charge in [0.25, 0.3) is 0 Å². The third-order valence-corrected chi connectivity index (χ3v) is 0.425. The van der Waals surface area contributed by atoms with Crippen molar-refractivity contribution < 1.29 is 9.47 Å². The van der Waals surface area contributed by atoms with Crippen LogP contribution in [0, 0.1) is 0 Å². The van der Waals surface area contributed by atoms with Crippen LogP contribution in [0.15, 0.2) is 25.0 Å². The zero-order chi connectivity index (χ0) is 6.24. The van der Waals surface area contributed by atoms with Crippen LogP contribution in [-0.2, 0) is 9.47 Å². The Morgan fingerprint density at radius 2 is 1.00 bits per heavy atom. The van der Waals surface area contributed by atoms with Gasteiger partial charge in [-0.15, -0.1) is 0 Å². The molecule has 0 amide bonds. The largest absolute Gasteiger partial charge is 0.466 e. The van der Waals surface area contributed by atoms with Crippen molar-refractivity contribution in [3.63, 3.8) is 0 Å². The predicted molar refractivity (Wildman–Crippen MR) is 31.8 cm³/mol. The fourth-order valence-electron chi connectivity index (χ4n) is 0.219. The van der Waals surface area contributed by atoms with Gasteiger partial charge in [0.05, 0.1) is 0 Å². The van der Waals surface area contributed by atoms with Crippen LogP contribution >= 0.6 is 0 Å². The molecule has 0 saturated heterocycles. The summed E-state index contributed by atoms with van der Waals surface area (Å²) in [6.07, 6.45) is 5.83. The summed E-state index contributed by atoms with van der Waals surface area (Å²) in [5.41, 5.74) is 0. The van der Waals surface area contributed by atoms with Gasteiger partial charge < -0.3 is 9.47 Å². The van der Waals surface area contributed by atoms with Gasteiger partial charge in [-0.2, -0.15) is 0 Å². The average molecular weight is 114 g/mol. The highest BCUT2D eigenvalue weighted by molar-refractivity contribution is 4.77. The molecule has 1 rings (SSSR count). The highest BCUT2D eigenvalue weighted by Crippen LogP contribution is 1.89. The second-order valence-electron chi connectivity index (χ2n) is 0.816. The molecule has 1 heterocycles. The SMILES string of the molecule is C1=COC=CO1.CC. The van der Waals surface area contributed by atoms with Gasteiger partial charge in [0, 0.05) is 0 Å². The predicted octanol–water partition coefficient (Wildman–Crippen LogP) is 2.00. The first kappa shape index (κ1) is 7.08. The Balaban J connectivity index is 0.000000222. The van der Waals surface area contributed by atoms with Crippen LogP contribution in [0.2, 0.25) is 0 Å². The molecule has 0 atom stereocenters. The lowest BCUT2D eigenvalue weighted by Crippen LogP contribution is -1.74. The molecule has 0 radical (unpaired) electrons. The first-order valence-corrected chi connectivity index (χ1v) is 2.61. The van der Waals surface area contributed by atoms with Crippen LogP contribution < -0.4 is 0 Å². The van der Waals surface area contributed by atoms with Crippen molar-refractivity contribution in [2.24, 2.45) is 0 Å². The molecule has 0 fully saturated rings. The Bertz CT molecular complexity index is 64.5. The molecule has 0 aromatic rings. The monoisotopic (exact) mass is 114 g/mol. The molecule has 0 saturated carbocycles. The number of ether oxygens (including phenoxy) is 2. The van der Waals surface area contributed by atoms with Gasteiger partial charge in [0.15, 0.2) is 0 Å². The fraction of sp³-hybridized carbons (Fsp3) is 0.333. The van der Waals surface area contributed by atoms with Crippen LogP contribution in [0.4, 0.5) is 0 Å². The van der Waals surface area contributed by atoms with E-state index in [1.165, 1.54) is 25.0 Å². The quantitative estimate of drug-likeness (QED) is 0.479. The topological polar surface area (TPSA) is 18.5 Å². The maximum absolute atomic E-state index is 4.58. The van der Waals surface area contributed by atoms with Crippen LogP contribution in [0.5, 0.6) is 0 Å². The number of rotatable bonds is 0. The summed E-state index contributed by atoms with van der Waals surface area (Å²) in [7, 11) is 0. The van der Waals surface area contributed by atoms with Gasteiger partial charge in [-0.3, -0.25) is 0 Å². The second-order valence-corrected chi connectivity index (χ2v) is 0.816. The van der Waals surface area contributed by atoms with E-state index in [2.05, 4.69) is 9.47 Å². The minimum atomic E-state index is 1.46. The summed E-state index contributed by atoms with van der Waals surface area (Å²) >= 11 is 0. The molecule has 2 heteroatoms. The molecule has 0 aromatic carbocycles. The van der Waals surface area contributed by atoms with Crippen LogP contribution in [0.3, 0.4) is 0 Å². The van der Waals surface area contributed by atoms with Crippen LogP contribution in [0.1, 0.15) is 13.8 Å². The molecule has 0 spiro atoms. The van der Waals surface area contributed by atoms with Crippen molar-refractivity contribution in [3.8, 4) is 0 Å². The van der Waals surface area contributed by atoms with E-state index in [0.717, 1.165) is 0 Å². The molecule has 1 aliphatic heterocycles. The minimum Gasteiger partial charge on any atom is -0.466 e. The Kier molecular flexibility index (Phi) is 5.38. The standard InChI is InChI=1S/C4H4O2.C2H6/c1-2-6-4-3-5-1;1-2/h1-4H;1-2H3. The molecule has 0 bridgehead atoms.